The molecular weight excluding hydrogens is 389 g/mol. The van der Waals surface area contributed by atoms with Gasteiger partial charge in [-0.15, -0.1) is 11.8 Å². The lowest BCUT2D eigenvalue weighted by molar-refractivity contribution is -0.384. The second kappa shape index (κ2) is 8.53. The average Bonchev–Trinajstić information content (AvgIpc) is 2.60. The first-order valence-corrected chi connectivity index (χ1v) is 8.62. The number of ketones is 1. The van der Waals surface area contributed by atoms with Crippen LogP contribution in [0, 0.1) is 16.0 Å². The summed E-state index contributed by atoms with van der Waals surface area (Å²) >= 11 is 1.54. The van der Waals surface area contributed by atoms with E-state index in [1.54, 1.807) is 23.9 Å². The van der Waals surface area contributed by atoms with Crippen molar-refractivity contribution in [3.05, 3.63) is 69.8 Å². The number of Topliss-reactive ketones (excluding diaryl/α,β-unsaturated/α-hetero) is 1. The molecule has 0 radical (unpaired) electrons. The van der Waals surface area contributed by atoms with Crippen LogP contribution in [0.25, 0.3) is 0 Å². The highest BCUT2D eigenvalue weighted by Crippen LogP contribution is 2.38. The minimum Gasteiger partial charge on any atom is -0.418 e. The number of carbonyl (C=O) groups excluding carboxylic acids is 1. The van der Waals surface area contributed by atoms with Gasteiger partial charge < -0.3 is 22.4 Å². The van der Waals surface area contributed by atoms with Gasteiger partial charge in [-0.1, -0.05) is 18.2 Å². The van der Waals surface area contributed by atoms with E-state index in [0.717, 1.165) is 4.90 Å². The van der Waals surface area contributed by atoms with E-state index in [4.69, 9.17) is 0 Å². The average molecular weight is 402 g/mol. The van der Waals surface area contributed by atoms with Gasteiger partial charge in [0.1, 0.15) is 0 Å². The number of aliphatic hydroxyl groups excluding tert-OH is 1. The summed E-state index contributed by atoms with van der Waals surface area (Å²) in [7, 11) is -6.00. The first-order chi connectivity index (χ1) is 12.6. The van der Waals surface area contributed by atoms with Gasteiger partial charge in [-0.25, -0.2) is 0 Å². The van der Waals surface area contributed by atoms with Crippen LogP contribution in [0.1, 0.15) is 22.0 Å². The first-order valence-electron chi connectivity index (χ1n) is 7.63. The van der Waals surface area contributed by atoms with E-state index in [9.17, 15) is 37.3 Å². The van der Waals surface area contributed by atoms with Crippen molar-refractivity contribution in [1.29, 1.82) is 0 Å². The summed E-state index contributed by atoms with van der Waals surface area (Å²) in [5.41, 5.74) is 1.11. The van der Waals surface area contributed by atoms with Gasteiger partial charge in [0.15, 0.2) is 5.78 Å². The van der Waals surface area contributed by atoms with Crippen LogP contribution in [-0.4, -0.2) is 28.8 Å². The zero-order valence-electron chi connectivity index (χ0n) is 13.6. The van der Waals surface area contributed by atoms with Crippen LogP contribution in [0.15, 0.2) is 53.4 Å². The lowest BCUT2D eigenvalue weighted by atomic mass is 9.89. The Labute approximate surface area is 155 Å². The minimum absolute atomic E-state index is 0.0364. The van der Waals surface area contributed by atoms with Gasteiger partial charge in [0, 0.05) is 28.3 Å². The molecule has 1 N–H and O–H groups in total. The van der Waals surface area contributed by atoms with Crippen molar-refractivity contribution in [1.82, 2.24) is 0 Å². The fraction of sp³-hybridized carbons (Fsp3) is 0.188. The van der Waals surface area contributed by atoms with Crippen LogP contribution in [-0.2, 0) is 0 Å². The summed E-state index contributed by atoms with van der Waals surface area (Å²) in [5, 5.41) is 21.1. The standard InChI is InChI=1S/C16H13NO4S.BF4/c18-15(10-5-7-11(8-6-10)17(20)21)13-9-22-14-4-2-1-3-12(14)16(13)19;2-1(3,4)5/h1-8,13,15,18H,9H2;/q;-1/t13-,15-;/m1./s1. The zero-order valence-corrected chi connectivity index (χ0v) is 14.4. The summed E-state index contributed by atoms with van der Waals surface area (Å²) < 4.78 is 39.0. The molecule has 0 aromatic heterocycles. The van der Waals surface area contributed by atoms with Crippen LogP contribution >= 0.6 is 11.8 Å². The Balaban J connectivity index is 0.000000465. The summed E-state index contributed by atoms with van der Waals surface area (Å²) in [4.78, 5) is 23.6. The highest BCUT2D eigenvalue weighted by Gasteiger charge is 2.33. The highest BCUT2D eigenvalue weighted by atomic mass is 32.2. The Morgan fingerprint density at radius 3 is 2.22 bits per heavy atom. The number of benzene rings is 2. The second-order valence-corrected chi connectivity index (χ2v) is 6.63. The minimum atomic E-state index is -6.00. The Morgan fingerprint density at radius 1 is 1.11 bits per heavy atom. The van der Waals surface area contributed by atoms with Crippen LogP contribution < -0.4 is 0 Å². The third-order valence-corrected chi connectivity index (χ3v) is 4.93. The molecule has 0 bridgehead atoms. The number of carbonyl (C=O) groups is 1. The quantitative estimate of drug-likeness (QED) is 0.353. The summed E-state index contributed by atoms with van der Waals surface area (Å²) in [6.07, 6.45) is -0.964. The number of nitrogens with zero attached hydrogens (tertiary/aromatic N) is 1. The van der Waals surface area contributed by atoms with Crippen molar-refractivity contribution in [2.75, 3.05) is 5.75 Å². The number of thioether (sulfide) groups is 1. The third-order valence-electron chi connectivity index (χ3n) is 3.73. The monoisotopic (exact) mass is 402 g/mol. The first kappa shape index (κ1) is 20.9. The Kier molecular flexibility index (Phi) is 6.61. The molecule has 1 heterocycles. The van der Waals surface area contributed by atoms with E-state index in [1.165, 1.54) is 24.3 Å². The molecule has 0 spiro atoms. The summed E-state index contributed by atoms with van der Waals surface area (Å²) in [5.74, 6) is -0.130. The maximum absolute atomic E-state index is 12.5. The molecule has 3 rings (SSSR count). The molecule has 1 aliphatic rings. The van der Waals surface area contributed by atoms with E-state index in [1.807, 2.05) is 12.1 Å². The SMILES string of the molecule is F[B-](F)(F)F.O=C1c2ccccc2SC[C@@H]1[C@H](O)c1ccc([N+](=O)[O-])cc1. The van der Waals surface area contributed by atoms with Crippen LogP contribution in [0.3, 0.4) is 0 Å². The molecule has 0 aliphatic carbocycles. The molecule has 0 fully saturated rings. The van der Waals surface area contributed by atoms with Crippen LogP contribution in [0.4, 0.5) is 23.0 Å². The number of hydrogen-bond acceptors (Lipinski definition) is 5. The van der Waals surface area contributed by atoms with E-state index >= 15 is 0 Å². The Hall–Kier alpha value is -2.40. The number of nitro benzene ring substituents is 1. The molecule has 11 heteroatoms. The third kappa shape index (κ3) is 5.79. The van der Waals surface area contributed by atoms with Crippen molar-refractivity contribution in [2.24, 2.45) is 5.92 Å². The number of rotatable bonds is 3. The van der Waals surface area contributed by atoms with Gasteiger partial charge in [0.2, 0.25) is 0 Å². The molecule has 0 saturated carbocycles. The number of non-ortho nitro benzene ring substituents is 1. The molecule has 0 unspecified atom stereocenters. The van der Waals surface area contributed by atoms with E-state index < -0.39 is 24.2 Å². The molecule has 0 amide bonds. The maximum Gasteiger partial charge on any atom is 0.673 e. The van der Waals surface area contributed by atoms with Crippen LogP contribution in [0.5, 0.6) is 0 Å². The fourth-order valence-corrected chi connectivity index (χ4v) is 3.70. The molecule has 0 saturated heterocycles. The molecule has 2 aromatic carbocycles. The number of hydrogen-bond donors (Lipinski definition) is 1. The van der Waals surface area contributed by atoms with Gasteiger partial charge in [0.25, 0.3) is 5.69 Å². The molecule has 144 valence electrons. The van der Waals surface area contributed by atoms with Gasteiger partial charge >= 0.3 is 7.25 Å². The number of halogens is 4. The maximum atomic E-state index is 12.5. The summed E-state index contributed by atoms with van der Waals surface area (Å²) in [6, 6.07) is 13.0. The largest absolute Gasteiger partial charge is 0.673 e. The Bertz CT molecular complexity index is 826. The zero-order chi connectivity index (χ0) is 20.2. The van der Waals surface area contributed by atoms with Crippen LogP contribution in [0.2, 0.25) is 0 Å². The van der Waals surface area contributed by atoms with Gasteiger partial charge in [-0.2, -0.15) is 0 Å². The molecule has 2 atom stereocenters. The lowest BCUT2D eigenvalue weighted by Gasteiger charge is -2.26. The molecule has 1 aliphatic heterocycles. The van der Waals surface area contributed by atoms with Gasteiger partial charge in [-0.05, 0) is 23.8 Å². The number of nitro groups is 1. The van der Waals surface area contributed by atoms with Gasteiger partial charge in [-0.3, -0.25) is 14.9 Å². The molecular formula is C16H13BF4NO4S-. The fourth-order valence-electron chi connectivity index (χ4n) is 2.51. The summed E-state index contributed by atoms with van der Waals surface area (Å²) in [6.45, 7) is 0. The topological polar surface area (TPSA) is 80.4 Å². The van der Waals surface area contributed by atoms with Crippen molar-refractivity contribution in [3.63, 3.8) is 0 Å². The van der Waals surface area contributed by atoms with Gasteiger partial charge in [0.05, 0.1) is 16.9 Å². The highest BCUT2D eigenvalue weighted by molar-refractivity contribution is 7.99. The van der Waals surface area contributed by atoms with Crippen molar-refractivity contribution >= 4 is 30.5 Å². The molecule has 2 aromatic rings. The Morgan fingerprint density at radius 2 is 1.67 bits per heavy atom. The van der Waals surface area contributed by atoms with Crippen molar-refractivity contribution in [3.8, 4) is 0 Å². The molecule has 5 nitrogen and oxygen atoms in total. The lowest BCUT2D eigenvalue weighted by Crippen LogP contribution is -2.28. The van der Waals surface area contributed by atoms with Crippen molar-refractivity contribution < 1.29 is 32.1 Å². The normalized spacial score (nSPS) is 17.4. The smallest absolute Gasteiger partial charge is 0.418 e. The number of fused-ring (bicyclic) bond motifs is 1. The second-order valence-electron chi connectivity index (χ2n) is 5.57. The van der Waals surface area contributed by atoms with E-state index in [0.29, 0.717) is 16.9 Å². The van der Waals surface area contributed by atoms with E-state index in [2.05, 4.69) is 0 Å². The van der Waals surface area contributed by atoms with Crippen molar-refractivity contribution in [2.45, 2.75) is 11.0 Å². The predicted octanol–water partition coefficient (Wildman–Crippen LogP) is 4.53. The van der Waals surface area contributed by atoms with E-state index in [-0.39, 0.29) is 11.5 Å². The number of aliphatic hydroxyl groups is 1. The predicted molar refractivity (Wildman–Crippen MR) is 93.2 cm³/mol. The molecule has 27 heavy (non-hydrogen) atoms.